The first-order valence-corrected chi connectivity index (χ1v) is 17.3. The third-order valence-electron chi connectivity index (χ3n) is 9.68. The van der Waals surface area contributed by atoms with Crippen molar-refractivity contribution in [3.8, 4) is 57.1 Å². The molecule has 0 aliphatic carbocycles. The summed E-state index contributed by atoms with van der Waals surface area (Å²) in [5, 5.41) is 0. The van der Waals surface area contributed by atoms with Crippen LogP contribution in [0, 0.1) is 0 Å². The number of hydrogen-bond donors (Lipinski definition) is 0. The van der Waals surface area contributed by atoms with Gasteiger partial charge in [0.2, 0.25) is 11.5 Å². The van der Waals surface area contributed by atoms with E-state index >= 15 is 0 Å². The molecule has 55 heavy (non-hydrogen) atoms. The minimum absolute atomic E-state index is 0.153. The molecule has 0 spiro atoms. The zero-order valence-electron chi connectivity index (χ0n) is 31.5. The molecule has 4 aromatic rings. The lowest BCUT2D eigenvalue weighted by Gasteiger charge is -2.44. The van der Waals surface area contributed by atoms with Gasteiger partial charge in [-0.05, 0) is 47.5 Å². The highest BCUT2D eigenvalue weighted by molar-refractivity contribution is 5.87. The fourth-order valence-electron chi connectivity index (χ4n) is 7.42. The van der Waals surface area contributed by atoms with Gasteiger partial charge in [-0.3, -0.25) is 14.4 Å². The van der Waals surface area contributed by atoms with Crippen molar-refractivity contribution in [3.05, 3.63) is 82.9 Å². The lowest BCUT2D eigenvalue weighted by atomic mass is 9.82. The van der Waals surface area contributed by atoms with Gasteiger partial charge < -0.3 is 52.1 Å². The fraction of sp³-hybridized carbons (Fsp3) is 0.341. The van der Waals surface area contributed by atoms with Crippen LogP contribution in [-0.2, 0) is 28.6 Å². The Morgan fingerprint density at radius 2 is 1.02 bits per heavy atom. The van der Waals surface area contributed by atoms with Crippen molar-refractivity contribution >= 4 is 17.9 Å². The van der Waals surface area contributed by atoms with Crippen molar-refractivity contribution in [3.63, 3.8) is 0 Å². The molecule has 7 rings (SSSR count). The van der Waals surface area contributed by atoms with E-state index in [0.29, 0.717) is 62.1 Å². The molecule has 14 nitrogen and oxygen atoms in total. The van der Waals surface area contributed by atoms with E-state index < -0.39 is 54.5 Å². The Labute approximate surface area is 317 Å². The molecule has 0 radical (unpaired) electrons. The molecule has 0 saturated carbocycles. The molecule has 0 saturated heterocycles. The van der Waals surface area contributed by atoms with Crippen LogP contribution < -0.4 is 37.9 Å². The molecule has 3 aliphatic rings. The van der Waals surface area contributed by atoms with Gasteiger partial charge in [0.1, 0.15) is 11.5 Å². The zero-order valence-corrected chi connectivity index (χ0v) is 31.5. The second-order valence-corrected chi connectivity index (χ2v) is 12.9. The highest BCUT2D eigenvalue weighted by Crippen LogP contribution is 2.63. The standard InChI is InChI=1S/C41H40O14/c1-19(42)50-35-28-17-27-26-18-29(47-6)36(48-7)37-30(26)38(41(52-21(3)44)32(54-37)23-11-15-25(46-5)16-12-23)55-33(27)39(49-8)34(28)53-31(40(35)51-20(2)43)22-9-13-24(45-4)14-10-22/h9-18,31-32,35,38,40-41H,1-8H3/t31-,32-,35-,38+,40-,41+/m1/s1. The molecule has 0 unspecified atom stereocenters. The first-order valence-electron chi connectivity index (χ1n) is 17.3. The predicted octanol–water partition coefficient (Wildman–Crippen LogP) is 6.57. The van der Waals surface area contributed by atoms with Crippen LogP contribution in [0.25, 0.3) is 11.1 Å². The van der Waals surface area contributed by atoms with E-state index in [2.05, 4.69) is 0 Å². The average molecular weight is 757 g/mol. The van der Waals surface area contributed by atoms with E-state index in [9.17, 15) is 14.4 Å². The van der Waals surface area contributed by atoms with E-state index in [0.717, 1.165) is 0 Å². The maximum atomic E-state index is 12.8. The van der Waals surface area contributed by atoms with Crippen LogP contribution in [0.2, 0.25) is 0 Å². The van der Waals surface area contributed by atoms with Gasteiger partial charge in [-0.15, -0.1) is 0 Å². The molecule has 3 aliphatic heterocycles. The zero-order chi connectivity index (χ0) is 39.1. The molecule has 3 heterocycles. The molecular formula is C41H40O14. The fourth-order valence-corrected chi connectivity index (χ4v) is 7.42. The van der Waals surface area contributed by atoms with Crippen LogP contribution in [0.1, 0.15) is 67.4 Å². The number of fused-ring (bicyclic) bond motifs is 3. The summed E-state index contributed by atoms with van der Waals surface area (Å²) in [6.45, 7) is 3.84. The Kier molecular flexibility index (Phi) is 9.99. The summed E-state index contributed by atoms with van der Waals surface area (Å²) >= 11 is 0. The molecule has 0 amide bonds. The summed E-state index contributed by atoms with van der Waals surface area (Å²) in [6, 6.07) is 17.7. The Hall–Kier alpha value is -6.31. The molecule has 0 bridgehead atoms. The number of carbonyl (C=O) groups excluding carboxylic acids is 3. The van der Waals surface area contributed by atoms with E-state index in [1.54, 1.807) is 62.8 Å². The van der Waals surface area contributed by atoms with E-state index in [1.807, 2.05) is 12.1 Å². The molecule has 0 aromatic heterocycles. The number of ether oxygens (including phenoxy) is 11. The highest BCUT2D eigenvalue weighted by atomic mass is 16.6. The first-order chi connectivity index (χ1) is 26.5. The molecule has 4 aromatic carbocycles. The molecule has 6 atom stereocenters. The maximum Gasteiger partial charge on any atom is 0.303 e. The minimum Gasteiger partial charge on any atom is -0.497 e. The van der Waals surface area contributed by atoms with Crippen molar-refractivity contribution in [2.75, 3.05) is 35.5 Å². The third kappa shape index (κ3) is 6.51. The summed E-state index contributed by atoms with van der Waals surface area (Å²) in [4.78, 5) is 38.1. The maximum absolute atomic E-state index is 12.8. The van der Waals surface area contributed by atoms with Crippen LogP contribution in [0.15, 0.2) is 60.7 Å². The predicted molar refractivity (Wildman–Crippen MR) is 193 cm³/mol. The van der Waals surface area contributed by atoms with Crippen molar-refractivity contribution in [1.29, 1.82) is 0 Å². The number of hydrogen-bond acceptors (Lipinski definition) is 14. The van der Waals surface area contributed by atoms with Crippen LogP contribution in [0.3, 0.4) is 0 Å². The topological polar surface area (TPSA) is 153 Å². The van der Waals surface area contributed by atoms with Gasteiger partial charge in [0.15, 0.2) is 59.6 Å². The van der Waals surface area contributed by atoms with Crippen LogP contribution >= 0.6 is 0 Å². The lowest BCUT2D eigenvalue weighted by molar-refractivity contribution is -0.178. The monoisotopic (exact) mass is 756 g/mol. The van der Waals surface area contributed by atoms with Gasteiger partial charge in [-0.25, -0.2) is 0 Å². The van der Waals surface area contributed by atoms with Crippen molar-refractivity contribution in [1.82, 2.24) is 0 Å². The van der Waals surface area contributed by atoms with Crippen LogP contribution in [0.4, 0.5) is 0 Å². The van der Waals surface area contributed by atoms with Gasteiger partial charge in [0.05, 0.1) is 41.1 Å². The van der Waals surface area contributed by atoms with Gasteiger partial charge in [0.25, 0.3) is 0 Å². The second kappa shape index (κ2) is 14.8. The summed E-state index contributed by atoms with van der Waals surface area (Å²) in [5.41, 5.74) is 3.16. The third-order valence-corrected chi connectivity index (χ3v) is 9.68. The summed E-state index contributed by atoms with van der Waals surface area (Å²) < 4.78 is 66.7. The van der Waals surface area contributed by atoms with E-state index in [4.69, 9.17) is 52.1 Å². The minimum atomic E-state index is -1.16. The van der Waals surface area contributed by atoms with Crippen LogP contribution in [-0.4, -0.2) is 65.7 Å². The normalized spacial score (nSPS) is 21.4. The Bertz CT molecular complexity index is 2130. The average Bonchev–Trinajstić information content (AvgIpc) is 3.18. The largest absolute Gasteiger partial charge is 0.497 e. The Balaban J connectivity index is 1.48. The number of methoxy groups -OCH3 is 5. The summed E-state index contributed by atoms with van der Waals surface area (Å²) in [7, 11) is 7.56. The highest BCUT2D eigenvalue weighted by Gasteiger charge is 2.52. The molecule has 288 valence electrons. The first kappa shape index (κ1) is 37.0. The van der Waals surface area contributed by atoms with Crippen molar-refractivity contribution in [2.45, 2.75) is 57.4 Å². The Morgan fingerprint density at radius 1 is 0.509 bits per heavy atom. The summed E-state index contributed by atoms with van der Waals surface area (Å²) in [6.07, 6.45) is -6.10. The number of esters is 3. The smallest absolute Gasteiger partial charge is 0.303 e. The lowest BCUT2D eigenvalue weighted by Crippen LogP contribution is -2.42. The SMILES string of the molecule is COc1ccc([C@H]2Oc3c(cc4c(c3OC)O[C@H]3c5c-4cc(OC)c(OC)c5O[C@H](c4ccc(OC)cc4)[C@@H]3OC(C)=O)[C@@H](OC(C)=O)[C@@H]2OC(C)=O)cc1. The molecule has 0 fully saturated rings. The molecule has 14 heteroatoms. The van der Waals surface area contributed by atoms with E-state index in [-0.39, 0.29) is 17.2 Å². The van der Waals surface area contributed by atoms with E-state index in [1.165, 1.54) is 42.1 Å². The number of rotatable bonds is 10. The van der Waals surface area contributed by atoms with Gasteiger partial charge in [-0.2, -0.15) is 0 Å². The second-order valence-electron chi connectivity index (χ2n) is 12.9. The number of carbonyl (C=O) groups is 3. The summed E-state index contributed by atoms with van der Waals surface area (Å²) in [5.74, 6) is 0.936. The van der Waals surface area contributed by atoms with Gasteiger partial charge in [0, 0.05) is 37.5 Å². The van der Waals surface area contributed by atoms with Gasteiger partial charge in [-0.1, -0.05) is 24.3 Å². The van der Waals surface area contributed by atoms with Crippen LogP contribution in [0.5, 0.6) is 46.0 Å². The molecular weight excluding hydrogens is 716 g/mol. The quantitative estimate of drug-likeness (QED) is 0.127. The number of benzene rings is 4. The Morgan fingerprint density at radius 3 is 1.53 bits per heavy atom. The van der Waals surface area contributed by atoms with Crippen molar-refractivity contribution in [2.24, 2.45) is 0 Å². The van der Waals surface area contributed by atoms with Crippen molar-refractivity contribution < 1.29 is 66.5 Å². The molecule has 0 N–H and O–H groups in total. The van der Waals surface area contributed by atoms with Gasteiger partial charge >= 0.3 is 17.9 Å².